The lowest BCUT2D eigenvalue weighted by molar-refractivity contribution is -0.384. The van der Waals surface area contributed by atoms with Crippen LogP contribution in [0.15, 0.2) is 48.5 Å². The molecular formula is C16H18N2O3. The minimum atomic E-state index is -0.428. The second-order valence-electron chi connectivity index (χ2n) is 4.70. The van der Waals surface area contributed by atoms with E-state index in [1.807, 2.05) is 24.3 Å². The third-order valence-corrected chi connectivity index (χ3v) is 3.15. The Morgan fingerprint density at radius 1 is 1.19 bits per heavy atom. The standard InChI is InChI=1S/C16H18N2O3/c1-3-17-12(2)13-5-4-6-16(11-13)21-15-9-7-14(8-10-15)18(19)20/h4-12,17H,3H2,1-2H3. The summed E-state index contributed by atoms with van der Waals surface area (Å²) in [6.07, 6.45) is 0. The van der Waals surface area contributed by atoms with Crippen LogP contribution in [0.2, 0.25) is 0 Å². The van der Waals surface area contributed by atoms with Gasteiger partial charge in [-0.15, -0.1) is 0 Å². The van der Waals surface area contributed by atoms with Crippen LogP contribution in [0.1, 0.15) is 25.5 Å². The maximum absolute atomic E-state index is 10.6. The van der Waals surface area contributed by atoms with Gasteiger partial charge >= 0.3 is 0 Å². The molecule has 0 heterocycles. The molecule has 0 aliphatic rings. The molecule has 0 bridgehead atoms. The van der Waals surface area contributed by atoms with Crippen LogP contribution in [0.5, 0.6) is 11.5 Å². The van der Waals surface area contributed by atoms with E-state index in [-0.39, 0.29) is 11.7 Å². The Bertz CT molecular complexity index is 611. The zero-order valence-electron chi connectivity index (χ0n) is 12.1. The quantitative estimate of drug-likeness (QED) is 0.642. The molecule has 5 nitrogen and oxygen atoms in total. The largest absolute Gasteiger partial charge is 0.457 e. The first-order chi connectivity index (χ1) is 10.1. The van der Waals surface area contributed by atoms with E-state index < -0.39 is 4.92 Å². The van der Waals surface area contributed by atoms with Crippen molar-refractivity contribution in [3.05, 3.63) is 64.2 Å². The normalized spacial score (nSPS) is 11.9. The van der Waals surface area contributed by atoms with Crippen LogP contribution in [0, 0.1) is 10.1 Å². The Hall–Kier alpha value is -2.40. The summed E-state index contributed by atoms with van der Waals surface area (Å²) in [5.41, 5.74) is 1.19. The van der Waals surface area contributed by atoms with Crippen molar-refractivity contribution in [1.29, 1.82) is 0 Å². The number of hydrogen-bond donors (Lipinski definition) is 1. The van der Waals surface area contributed by atoms with Crippen molar-refractivity contribution in [2.45, 2.75) is 19.9 Å². The van der Waals surface area contributed by atoms with E-state index in [2.05, 4.69) is 19.2 Å². The fourth-order valence-corrected chi connectivity index (χ4v) is 2.04. The minimum Gasteiger partial charge on any atom is -0.457 e. The van der Waals surface area contributed by atoms with Crippen LogP contribution in [-0.4, -0.2) is 11.5 Å². The molecule has 0 saturated heterocycles. The van der Waals surface area contributed by atoms with E-state index in [0.29, 0.717) is 11.5 Å². The van der Waals surface area contributed by atoms with Crippen molar-refractivity contribution in [3.8, 4) is 11.5 Å². The number of hydrogen-bond acceptors (Lipinski definition) is 4. The molecule has 0 aliphatic heterocycles. The van der Waals surface area contributed by atoms with Crippen LogP contribution >= 0.6 is 0 Å². The molecule has 0 aromatic heterocycles. The lowest BCUT2D eigenvalue weighted by atomic mass is 10.1. The predicted octanol–water partition coefficient (Wildman–Crippen LogP) is 4.06. The summed E-state index contributed by atoms with van der Waals surface area (Å²) in [5, 5.41) is 14.0. The molecular weight excluding hydrogens is 268 g/mol. The van der Waals surface area contributed by atoms with Crippen molar-refractivity contribution >= 4 is 5.69 Å². The Balaban J connectivity index is 2.12. The first-order valence-corrected chi connectivity index (χ1v) is 6.86. The number of nitro groups is 1. The summed E-state index contributed by atoms with van der Waals surface area (Å²) < 4.78 is 5.73. The van der Waals surface area contributed by atoms with E-state index in [1.165, 1.54) is 12.1 Å². The summed E-state index contributed by atoms with van der Waals surface area (Å²) in [6, 6.07) is 14.1. The van der Waals surface area contributed by atoms with Gasteiger partial charge in [-0.1, -0.05) is 19.1 Å². The van der Waals surface area contributed by atoms with Crippen LogP contribution in [0.4, 0.5) is 5.69 Å². The molecule has 5 heteroatoms. The predicted molar refractivity (Wildman–Crippen MR) is 81.7 cm³/mol. The maximum Gasteiger partial charge on any atom is 0.269 e. The molecule has 2 rings (SSSR count). The molecule has 0 amide bonds. The topological polar surface area (TPSA) is 64.4 Å². The van der Waals surface area contributed by atoms with Crippen LogP contribution < -0.4 is 10.1 Å². The lowest BCUT2D eigenvalue weighted by Gasteiger charge is -2.14. The van der Waals surface area contributed by atoms with Crippen molar-refractivity contribution in [3.63, 3.8) is 0 Å². The third-order valence-electron chi connectivity index (χ3n) is 3.15. The van der Waals surface area contributed by atoms with Crippen molar-refractivity contribution in [1.82, 2.24) is 5.32 Å². The summed E-state index contributed by atoms with van der Waals surface area (Å²) in [5.74, 6) is 1.29. The molecule has 0 aliphatic carbocycles. The lowest BCUT2D eigenvalue weighted by Crippen LogP contribution is -2.17. The van der Waals surface area contributed by atoms with Gasteiger partial charge in [0.05, 0.1) is 4.92 Å². The van der Waals surface area contributed by atoms with Gasteiger partial charge in [0, 0.05) is 18.2 Å². The Kier molecular flexibility index (Phi) is 4.90. The van der Waals surface area contributed by atoms with Crippen LogP contribution in [0.3, 0.4) is 0 Å². The monoisotopic (exact) mass is 286 g/mol. The van der Waals surface area contributed by atoms with Crippen molar-refractivity contribution in [2.75, 3.05) is 6.54 Å². The fraction of sp³-hybridized carbons (Fsp3) is 0.250. The van der Waals surface area contributed by atoms with Crippen LogP contribution in [0.25, 0.3) is 0 Å². The molecule has 2 aromatic rings. The average molecular weight is 286 g/mol. The highest BCUT2D eigenvalue weighted by Gasteiger charge is 2.07. The van der Waals surface area contributed by atoms with E-state index in [1.54, 1.807) is 12.1 Å². The molecule has 21 heavy (non-hydrogen) atoms. The SMILES string of the molecule is CCNC(C)c1cccc(Oc2ccc([N+](=O)[O-])cc2)c1. The molecule has 1 unspecified atom stereocenters. The number of nitro benzene ring substituents is 1. The zero-order chi connectivity index (χ0) is 15.2. The smallest absolute Gasteiger partial charge is 0.269 e. The third kappa shape index (κ3) is 4.03. The van der Waals surface area contributed by atoms with Gasteiger partial charge in [-0.3, -0.25) is 10.1 Å². The van der Waals surface area contributed by atoms with E-state index in [0.717, 1.165) is 12.1 Å². The van der Waals surface area contributed by atoms with Gasteiger partial charge in [0.25, 0.3) is 5.69 Å². The number of nitrogens with one attached hydrogen (secondary N) is 1. The van der Waals surface area contributed by atoms with E-state index in [9.17, 15) is 10.1 Å². The average Bonchev–Trinajstić information content (AvgIpc) is 2.48. The summed E-state index contributed by atoms with van der Waals surface area (Å²) in [7, 11) is 0. The van der Waals surface area contributed by atoms with Gasteiger partial charge in [0.15, 0.2) is 0 Å². The molecule has 1 N–H and O–H groups in total. The molecule has 0 saturated carbocycles. The van der Waals surface area contributed by atoms with E-state index >= 15 is 0 Å². The molecule has 0 fully saturated rings. The van der Waals surface area contributed by atoms with Crippen molar-refractivity contribution < 1.29 is 9.66 Å². The van der Waals surface area contributed by atoms with Gasteiger partial charge in [0.2, 0.25) is 0 Å². The first kappa shape index (κ1) is 15.0. The molecule has 110 valence electrons. The molecule has 2 aromatic carbocycles. The highest BCUT2D eigenvalue weighted by atomic mass is 16.6. The second kappa shape index (κ2) is 6.85. The Labute approximate surface area is 123 Å². The molecule has 0 radical (unpaired) electrons. The highest BCUT2D eigenvalue weighted by Crippen LogP contribution is 2.26. The van der Waals surface area contributed by atoms with Gasteiger partial charge in [-0.2, -0.15) is 0 Å². The minimum absolute atomic E-state index is 0.0527. The Morgan fingerprint density at radius 2 is 1.90 bits per heavy atom. The van der Waals surface area contributed by atoms with E-state index in [4.69, 9.17) is 4.74 Å². The first-order valence-electron chi connectivity index (χ1n) is 6.86. The fourth-order valence-electron chi connectivity index (χ4n) is 2.04. The number of ether oxygens (including phenoxy) is 1. The van der Waals surface area contributed by atoms with Gasteiger partial charge in [-0.05, 0) is 43.3 Å². The molecule has 0 spiro atoms. The summed E-state index contributed by atoms with van der Waals surface area (Å²) in [6.45, 7) is 5.05. The number of non-ortho nitro benzene ring substituents is 1. The number of benzene rings is 2. The molecule has 1 atom stereocenters. The number of rotatable bonds is 6. The van der Waals surface area contributed by atoms with Gasteiger partial charge < -0.3 is 10.1 Å². The maximum atomic E-state index is 10.6. The van der Waals surface area contributed by atoms with Gasteiger partial charge in [0.1, 0.15) is 11.5 Å². The van der Waals surface area contributed by atoms with Crippen LogP contribution in [-0.2, 0) is 0 Å². The van der Waals surface area contributed by atoms with Crippen molar-refractivity contribution in [2.24, 2.45) is 0 Å². The second-order valence-corrected chi connectivity index (χ2v) is 4.70. The van der Waals surface area contributed by atoms with Gasteiger partial charge in [-0.25, -0.2) is 0 Å². The summed E-state index contributed by atoms with van der Waals surface area (Å²) in [4.78, 5) is 10.2. The number of nitrogens with zero attached hydrogens (tertiary/aromatic N) is 1. The zero-order valence-corrected chi connectivity index (χ0v) is 12.1. The Morgan fingerprint density at radius 3 is 2.52 bits per heavy atom. The summed E-state index contributed by atoms with van der Waals surface area (Å²) >= 11 is 0. The highest BCUT2D eigenvalue weighted by molar-refractivity contribution is 5.39.